The molecule has 12 heteroatoms. The molecule has 0 bridgehead atoms. The van der Waals surface area contributed by atoms with E-state index in [4.69, 9.17) is 39.5 Å². The van der Waals surface area contributed by atoms with Crippen LogP contribution in [0, 0.1) is 5.82 Å². The Morgan fingerprint density at radius 3 is 2.45 bits per heavy atom. The van der Waals surface area contributed by atoms with Gasteiger partial charge in [0.15, 0.2) is 6.61 Å². The van der Waals surface area contributed by atoms with Crippen LogP contribution in [-0.2, 0) is 24.3 Å². The monoisotopic (exact) mass is 482 g/mol. The summed E-state index contributed by atoms with van der Waals surface area (Å²) in [6.07, 6.45) is -0.334. The van der Waals surface area contributed by atoms with Gasteiger partial charge in [0.2, 0.25) is 10.0 Å². The fourth-order valence-electron chi connectivity index (χ4n) is 2.01. The van der Waals surface area contributed by atoms with Crippen molar-refractivity contribution in [2.75, 3.05) is 18.5 Å². The molecule has 0 spiro atoms. The van der Waals surface area contributed by atoms with Crippen LogP contribution in [0.1, 0.15) is 6.42 Å². The molecule has 2 aromatic rings. The van der Waals surface area contributed by atoms with E-state index >= 15 is 0 Å². The molecule has 2 aromatic carbocycles. The van der Waals surface area contributed by atoms with Crippen molar-refractivity contribution in [1.82, 2.24) is 4.72 Å². The molecule has 0 radical (unpaired) electrons. The second-order valence-electron chi connectivity index (χ2n) is 5.56. The lowest BCUT2D eigenvalue weighted by molar-refractivity contribution is -0.147. The van der Waals surface area contributed by atoms with E-state index in [1.807, 2.05) is 0 Å². The highest BCUT2D eigenvalue weighted by Gasteiger charge is 2.17. The van der Waals surface area contributed by atoms with Crippen LogP contribution in [0.2, 0.25) is 15.1 Å². The van der Waals surface area contributed by atoms with Crippen molar-refractivity contribution in [1.29, 1.82) is 0 Å². The van der Waals surface area contributed by atoms with Gasteiger partial charge in [0.25, 0.3) is 5.91 Å². The predicted octanol–water partition coefficient (Wildman–Crippen LogP) is 3.64. The molecule has 0 saturated heterocycles. The van der Waals surface area contributed by atoms with Crippen molar-refractivity contribution in [2.24, 2.45) is 0 Å². The Balaban J connectivity index is 1.78. The second kappa shape index (κ2) is 10.2. The molecule has 0 aromatic heterocycles. The Bertz CT molecular complexity index is 1030. The van der Waals surface area contributed by atoms with Gasteiger partial charge in [0.1, 0.15) is 5.82 Å². The highest BCUT2D eigenvalue weighted by atomic mass is 35.5. The molecule has 0 atom stereocenters. The van der Waals surface area contributed by atoms with Gasteiger partial charge in [-0.2, -0.15) is 0 Å². The van der Waals surface area contributed by atoms with Crippen LogP contribution in [0.5, 0.6) is 0 Å². The average Bonchev–Trinajstić information content (AvgIpc) is 2.65. The van der Waals surface area contributed by atoms with Gasteiger partial charge in [0, 0.05) is 11.6 Å². The number of anilines is 1. The Labute approximate surface area is 181 Å². The number of benzene rings is 2. The van der Waals surface area contributed by atoms with Gasteiger partial charge in [-0.25, -0.2) is 17.5 Å². The summed E-state index contributed by atoms with van der Waals surface area (Å²) in [6, 6.07) is 7.36. The second-order valence-corrected chi connectivity index (χ2v) is 8.57. The minimum absolute atomic E-state index is 0.254. The number of halogens is 4. The zero-order valence-electron chi connectivity index (χ0n) is 14.5. The molecule has 0 aliphatic heterocycles. The number of ether oxygens (including phenoxy) is 1. The number of carbonyl (C=O) groups is 2. The number of carbonyl (C=O) groups excluding carboxylic acids is 2. The molecule has 0 fully saturated rings. The van der Waals surface area contributed by atoms with E-state index in [0.29, 0.717) is 5.02 Å². The van der Waals surface area contributed by atoms with Gasteiger partial charge in [-0.3, -0.25) is 9.59 Å². The Kier molecular flexibility index (Phi) is 8.23. The molecule has 7 nitrogen and oxygen atoms in total. The fourth-order valence-corrected chi connectivity index (χ4v) is 3.65. The number of hydrogen-bond acceptors (Lipinski definition) is 5. The van der Waals surface area contributed by atoms with Crippen LogP contribution in [0.25, 0.3) is 0 Å². The maximum absolute atomic E-state index is 13.1. The van der Waals surface area contributed by atoms with E-state index in [0.717, 1.165) is 18.2 Å². The first kappa shape index (κ1) is 23.4. The number of hydrogen-bond donors (Lipinski definition) is 2. The molecular weight excluding hydrogens is 470 g/mol. The maximum Gasteiger partial charge on any atom is 0.307 e. The summed E-state index contributed by atoms with van der Waals surface area (Å²) in [5, 5.41) is 2.69. The Morgan fingerprint density at radius 1 is 1.03 bits per heavy atom. The zero-order valence-corrected chi connectivity index (χ0v) is 17.6. The highest BCUT2D eigenvalue weighted by Crippen LogP contribution is 2.25. The molecule has 156 valence electrons. The van der Waals surface area contributed by atoms with Crippen LogP contribution >= 0.6 is 34.8 Å². The Morgan fingerprint density at radius 2 is 1.76 bits per heavy atom. The summed E-state index contributed by atoms with van der Waals surface area (Å²) in [4.78, 5) is 23.2. The van der Waals surface area contributed by atoms with Crippen molar-refractivity contribution in [3.05, 3.63) is 57.3 Å². The zero-order chi connectivity index (χ0) is 21.6. The number of sulfonamides is 1. The molecule has 2 N–H and O–H groups in total. The van der Waals surface area contributed by atoms with Crippen LogP contribution < -0.4 is 10.0 Å². The third-order valence-corrected chi connectivity index (χ3v) is 5.70. The van der Waals surface area contributed by atoms with Gasteiger partial charge < -0.3 is 10.1 Å². The largest absolute Gasteiger partial charge is 0.456 e. The van der Waals surface area contributed by atoms with Crippen LogP contribution in [0.4, 0.5) is 10.1 Å². The maximum atomic E-state index is 13.1. The summed E-state index contributed by atoms with van der Waals surface area (Å²) >= 11 is 17.3. The van der Waals surface area contributed by atoms with Crippen LogP contribution in [0.15, 0.2) is 41.3 Å². The number of rotatable bonds is 8. The van der Waals surface area contributed by atoms with Crippen LogP contribution in [0.3, 0.4) is 0 Å². The van der Waals surface area contributed by atoms with Gasteiger partial charge in [-0.05, 0) is 36.4 Å². The molecule has 0 unspecified atom stereocenters. The number of esters is 1. The van der Waals surface area contributed by atoms with Crippen molar-refractivity contribution in [2.45, 2.75) is 11.3 Å². The lowest BCUT2D eigenvalue weighted by Gasteiger charge is -2.09. The molecule has 0 saturated carbocycles. The van der Waals surface area contributed by atoms with E-state index in [1.54, 1.807) is 6.07 Å². The quantitative estimate of drug-likeness (QED) is 0.558. The number of nitrogens with one attached hydrogen (secondary N) is 2. The summed E-state index contributed by atoms with van der Waals surface area (Å²) in [5.74, 6) is -2.22. The third-order valence-electron chi connectivity index (χ3n) is 3.39. The van der Waals surface area contributed by atoms with Crippen LogP contribution in [-0.4, -0.2) is 33.4 Å². The lowest BCUT2D eigenvalue weighted by Crippen LogP contribution is -2.28. The van der Waals surface area contributed by atoms with E-state index in [9.17, 15) is 22.4 Å². The summed E-state index contributed by atoms with van der Waals surface area (Å²) in [6.45, 7) is -0.889. The highest BCUT2D eigenvalue weighted by molar-refractivity contribution is 7.89. The first-order valence-electron chi connectivity index (χ1n) is 7.94. The first-order chi connectivity index (χ1) is 13.6. The van der Waals surface area contributed by atoms with Gasteiger partial charge >= 0.3 is 5.97 Å². The smallest absolute Gasteiger partial charge is 0.307 e. The van der Waals surface area contributed by atoms with Crippen molar-refractivity contribution in [3.63, 3.8) is 0 Å². The predicted molar refractivity (Wildman–Crippen MR) is 107 cm³/mol. The normalized spacial score (nSPS) is 11.2. The van der Waals surface area contributed by atoms with E-state index in [-0.39, 0.29) is 33.6 Å². The molecular formula is C17H14Cl3FN2O5S. The molecule has 0 heterocycles. The SMILES string of the molecule is O=C(COC(=O)CCNS(=O)(=O)c1ccc(F)c(Cl)c1)Nc1cc(Cl)ccc1Cl. The minimum atomic E-state index is -3.99. The van der Waals surface area contributed by atoms with E-state index in [2.05, 4.69) is 10.0 Å². The molecule has 1 amide bonds. The van der Waals surface area contributed by atoms with Gasteiger partial charge in [-0.1, -0.05) is 34.8 Å². The minimum Gasteiger partial charge on any atom is -0.456 e. The molecule has 0 aliphatic carbocycles. The lowest BCUT2D eigenvalue weighted by atomic mass is 10.3. The third kappa shape index (κ3) is 7.13. The van der Waals surface area contributed by atoms with Crippen molar-refractivity contribution < 1.29 is 27.1 Å². The van der Waals surface area contributed by atoms with Gasteiger partial charge in [-0.15, -0.1) is 0 Å². The molecule has 2 rings (SSSR count). The first-order valence-corrected chi connectivity index (χ1v) is 10.6. The standard InChI is InChI=1S/C17H14Cl3FN2O5S/c18-10-1-3-12(19)15(7-10)23-16(24)9-28-17(25)5-6-22-29(26,27)11-2-4-14(21)13(20)8-11/h1-4,7-8,22H,5-6,9H2,(H,23,24). The van der Waals surface area contributed by atoms with Crippen molar-refractivity contribution in [3.8, 4) is 0 Å². The topological polar surface area (TPSA) is 102 Å². The Hall–Kier alpha value is -1.91. The summed E-state index contributed by atoms with van der Waals surface area (Å²) < 4.78 is 44.2. The van der Waals surface area contributed by atoms with Crippen molar-refractivity contribution >= 4 is 62.4 Å². The molecule has 0 aliphatic rings. The van der Waals surface area contributed by atoms with E-state index in [1.165, 1.54) is 12.1 Å². The summed E-state index contributed by atoms with van der Waals surface area (Å²) in [5.41, 5.74) is 0.255. The van der Waals surface area contributed by atoms with E-state index < -0.39 is 34.3 Å². The summed E-state index contributed by atoms with van der Waals surface area (Å²) in [7, 11) is -3.99. The number of amides is 1. The average molecular weight is 484 g/mol. The van der Waals surface area contributed by atoms with Gasteiger partial charge in [0.05, 0.1) is 27.0 Å². The molecule has 29 heavy (non-hydrogen) atoms. The fraction of sp³-hybridized carbons (Fsp3) is 0.176.